The van der Waals surface area contributed by atoms with Gasteiger partial charge in [0.05, 0.1) is 24.8 Å². The van der Waals surface area contributed by atoms with Crippen LogP contribution in [-0.2, 0) is 33.6 Å². The lowest BCUT2D eigenvalue weighted by molar-refractivity contribution is -0.144. The number of aryl methyl sites for hydroxylation is 2. The number of nitrogens with one attached hydrogen (secondary N) is 1. The fourth-order valence-electron chi connectivity index (χ4n) is 3.33. The van der Waals surface area contributed by atoms with Crippen LogP contribution >= 0.6 is 0 Å². The number of rotatable bonds is 4. The molecule has 0 radical (unpaired) electrons. The fourth-order valence-corrected chi connectivity index (χ4v) is 3.33. The summed E-state index contributed by atoms with van der Waals surface area (Å²) in [6.07, 6.45) is 5.42. The minimum atomic E-state index is -0.911. The number of amides is 1. The van der Waals surface area contributed by atoms with Crippen molar-refractivity contribution >= 4 is 11.9 Å². The smallest absolute Gasteiger partial charge is 0.310 e. The van der Waals surface area contributed by atoms with Gasteiger partial charge in [0.1, 0.15) is 0 Å². The van der Waals surface area contributed by atoms with Gasteiger partial charge in [-0.15, -0.1) is 0 Å². The highest BCUT2D eigenvalue weighted by Crippen LogP contribution is 2.23. The summed E-state index contributed by atoms with van der Waals surface area (Å²) in [4.78, 5) is 25.2. The third kappa shape index (κ3) is 3.72. The number of hydrogen-bond acceptors (Lipinski definition) is 4. The second kappa shape index (κ2) is 7.12. The van der Waals surface area contributed by atoms with E-state index in [1.807, 2.05) is 0 Å². The van der Waals surface area contributed by atoms with E-state index >= 15 is 0 Å². The van der Waals surface area contributed by atoms with Crippen molar-refractivity contribution in [1.29, 1.82) is 0 Å². The van der Waals surface area contributed by atoms with E-state index < -0.39 is 11.9 Å². The predicted molar refractivity (Wildman–Crippen MR) is 82.1 cm³/mol. The molecule has 1 aliphatic carbocycles. The summed E-state index contributed by atoms with van der Waals surface area (Å²) in [7, 11) is 0. The third-order valence-electron chi connectivity index (χ3n) is 4.68. The number of H-pyrrole nitrogens is 1. The molecule has 1 aromatic rings. The summed E-state index contributed by atoms with van der Waals surface area (Å²) < 4.78 is 5.28. The van der Waals surface area contributed by atoms with E-state index in [0.29, 0.717) is 26.0 Å². The number of aromatic nitrogens is 2. The standard InChI is InChI=1S/C16H23N3O4/c20-15(19-7-8-23-10-11(9-19)16(21)22)6-5-14-12-3-1-2-4-13(12)17-18-14/h11H,1-10H2,(H,17,18)(H,21,22). The Morgan fingerprint density at radius 2 is 2.17 bits per heavy atom. The van der Waals surface area contributed by atoms with E-state index in [9.17, 15) is 9.59 Å². The van der Waals surface area contributed by atoms with Crippen LogP contribution in [0.2, 0.25) is 0 Å². The Hall–Kier alpha value is -1.89. The van der Waals surface area contributed by atoms with Gasteiger partial charge in [-0.3, -0.25) is 14.7 Å². The summed E-state index contributed by atoms with van der Waals surface area (Å²) in [5, 5.41) is 16.6. The highest BCUT2D eigenvalue weighted by molar-refractivity contribution is 5.78. The topological polar surface area (TPSA) is 95.5 Å². The molecular formula is C16H23N3O4. The van der Waals surface area contributed by atoms with E-state index in [1.54, 1.807) is 4.90 Å². The maximum absolute atomic E-state index is 12.4. The average Bonchev–Trinajstić information content (AvgIpc) is 2.79. The van der Waals surface area contributed by atoms with E-state index in [4.69, 9.17) is 9.84 Å². The molecule has 126 valence electrons. The van der Waals surface area contributed by atoms with Gasteiger partial charge in [0.25, 0.3) is 0 Å². The monoisotopic (exact) mass is 321 g/mol. The first-order chi connectivity index (χ1) is 11.1. The zero-order valence-corrected chi connectivity index (χ0v) is 13.2. The Labute approximate surface area is 135 Å². The molecule has 1 atom stereocenters. The summed E-state index contributed by atoms with van der Waals surface area (Å²) in [6, 6.07) is 0. The Bertz CT molecular complexity index is 584. The van der Waals surface area contributed by atoms with Crippen molar-refractivity contribution in [3.8, 4) is 0 Å². The van der Waals surface area contributed by atoms with E-state index in [0.717, 1.165) is 18.5 Å². The Morgan fingerprint density at radius 3 is 3.00 bits per heavy atom. The van der Waals surface area contributed by atoms with Crippen molar-refractivity contribution in [3.63, 3.8) is 0 Å². The van der Waals surface area contributed by atoms with E-state index in [-0.39, 0.29) is 19.1 Å². The van der Waals surface area contributed by atoms with Gasteiger partial charge in [-0.25, -0.2) is 0 Å². The lowest BCUT2D eigenvalue weighted by Crippen LogP contribution is -2.38. The molecule has 0 bridgehead atoms. The average molecular weight is 321 g/mol. The highest BCUT2D eigenvalue weighted by Gasteiger charge is 2.27. The van der Waals surface area contributed by atoms with Crippen LogP contribution in [0.1, 0.15) is 36.2 Å². The number of carboxylic acids is 1. The zero-order chi connectivity index (χ0) is 16.2. The van der Waals surface area contributed by atoms with Crippen molar-refractivity contribution in [2.45, 2.75) is 38.5 Å². The lowest BCUT2D eigenvalue weighted by Gasteiger charge is -2.21. The Balaban J connectivity index is 1.58. The highest BCUT2D eigenvalue weighted by atomic mass is 16.5. The van der Waals surface area contributed by atoms with Crippen molar-refractivity contribution in [2.75, 3.05) is 26.3 Å². The molecule has 0 saturated carbocycles. The van der Waals surface area contributed by atoms with E-state index in [2.05, 4.69) is 10.2 Å². The number of carbonyl (C=O) groups is 2. The van der Waals surface area contributed by atoms with Gasteiger partial charge in [-0.05, 0) is 31.2 Å². The first kappa shape index (κ1) is 16.0. The van der Waals surface area contributed by atoms with Gasteiger partial charge >= 0.3 is 5.97 Å². The van der Waals surface area contributed by atoms with Crippen LogP contribution < -0.4 is 0 Å². The summed E-state index contributed by atoms with van der Waals surface area (Å²) in [5.41, 5.74) is 3.49. The van der Waals surface area contributed by atoms with Crippen LogP contribution in [0.5, 0.6) is 0 Å². The van der Waals surface area contributed by atoms with Crippen LogP contribution in [0.15, 0.2) is 0 Å². The maximum Gasteiger partial charge on any atom is 0.310 e. The molecule has 1 unspecified atom stereocenters. The molecule has 3 rings (SSSR count). The number of nitrogens with zero attached hydrogens (tertiary/aromatic N) is 2. The molecule has 0 spiro atoms. The second-order valence-electron chi connectivity index (χ2n) is 6.28. The molecule has 23 heavy (non-hydrogen) atoms. The van der Waals surface area contributed by atoms with Crippen molar-refractivity contribution < 1.29 is 19.4 Å². The molecule has 1 fully saturated rings. The molecule has 7 heteroatoms. The van der Waals surface area contributed by atoms with Crippen LogP contribution in [0.25, 0.3) is 0 Å². The summed E-state index contributed by atoms with van der Waals surface area (Å²) in [6.45, 7) is 1.26. The van der Waals surface area contributed by atoms with Crippen molar-refractivity contribution in [2.24, 2.45) is 5.92 Å². The van der Waals surface area contributed by atoms with Crippen LogP contribution in [0.4, 0.5) is 0 Å². The minimum absolute atomic E-state index is 0.0192. The number of fused-ring (bicyclic) bond motifs is 1. The molecule has 1 aromatic heterocycles. The number of hydrogen-bond donors (Lipinski definition) is 2. The predicted octanol–water partition coefficient (Wildman–Crippen LogP) is 0.781. The van der Waals surface area contributed by atoms with Gasteiger partial charge in [-0.2, -0.15) is 5.10 Å². The number of aromatic amines is 1. The first-order valence-corrected chi connectivity index (χ1v) is 8.28. The van der Waals surface area contributed by atoms with Gasteiger partial charge in [0.15, 0.2) is 0 Å². The number of carboxylic acid groups (broad SMARTS) is 1. The number of carbonyl (C=O) groups excluding carboxylic acids is 1. The fraction of sp³-hybridized carbons (Fsp3) is 0.688. The van der Waals surface area contributed by atoms with Crippen LogP contribution in [-0.4, -0.2) is 58.4 Å². The molecule has 1 aliphatic heterocycles. The Morgan fingerprint density at radius 1 is 1.35 bits per heavy atom. The van der Waals surface area contributed by atoms with Crippen LogP contribution in [0, 0.1) is 5.92 Å². The van der Waals surface area contributed by atoms with Crippen LogP contribution in [0.3, 0.4) is 0 Å². The van der Waals surface area contributed by atoms with Crippen molar-refractivity contribution in [3.05, 3.63) is 17.0 Å². The molecule has 2 heterocycles. The largest absolute Gasteiger partial charge is 0.481 e. The molecule has 2 aliphatic rings. The second-order valence-corrected chi connectivity index (χ2v) is 6.28. The maximum atomic E-state index is 12.4. The van der Waals surface area contributed by atoms with Crippen molar-refractivity contribution in [1.82, 2.24) is 15.1 Å². The van der Waals surface area contributed by atoms with Gasteiger partial charge in [-0.1, -0.05) is 0 Å². The molecule has 0 aromatic carbocycles. The number of aliphatic carboxylic acids is 1. The molecule has 7 nitrogen and oxygen atoms in total. The molecule has 1 amide bonds. The molecule has 1 saturated heterocycles. The third-order valence-corrected chi connectivity index (χ3v) is 4.68. The molecule has 2 N–H and O–H groups in total. The minimum Gasteiger partial charge on any atom is -0.481 e. The van der Waals surface area contributed by atoms with Gasteiger partial charge in [0, 0.05) is 31.6 Å². The summed E-state index contributed by atoms with van der Waals surface area (Å²) in [5.74, 6) is -1.57. The Kier molecular flexibility index (Phi) is 4.95. The van der Waals surface area contributed by atoms with Gasteiger partial charge < -0.3 is 14.7 Å². The SMILES string of the molecule is O=C(O)C1COCCN(C(=O)CCc2n[nH]c3c2CCCC3)C1. The first-order valence-electron chi connectivity index (χ1n) is 8.28. The lowest BCUT2D eigenvalue weighted by atomic mass is 9.94. The number of ether oxygens (including phenoxy) is 1. The normalized spacial score (nSPS) is 21.6. The van der Waals surface area contributed by atoms with Gasteiger partial charge in [0.2, 0.25) is 5.91 Å². The zero-order valence-electron chi connectivity index (χ0n) is 13.2. The molecular weight excluding hydrogens is 298 g/mol. The van der Waals surface area contributed by atoms with E-state index in [1.165, 1.54) is 24.1 Å². The quantitative estimate of drug-likeness (QED) is 0.854. The summed E-state index contributed by atoms with van der Waals surface area (Å²) >= 11 is 0.